The zero-order valence-corrected chi connectivity index (χ0v) is 34.2. The Labute approximate surface area is 317 Å². The van der Waals surface area contributed by atoms with Gasteiger partial charge in [0.15, 0.2) is 6.10 Å². The first-order valence-electron chi connectivity index (χ1n) is 21.1. The molecule has 0 radical (unpaired) electrons. The molecule has 0 aliphatic heterocycles. The van der Waals surface area contributed by atoms with Crippen molar-refractivity contribution in [2.45, 2.75) is 212 Å². The quantitative estimate of drug-likeness (QED) is 0.0238. The van der Waals surface area contributed by atoms with Crippen LogP contribution in [-0.2, 0) is 32.7 Å². The first-order valence-corrected chi connectivity index (χ1v) is 22.6. The fourth-order valence-electron chi connectivity index (χ4n) is 5.87. The van der Waals surface area contributed by atoms with E-state index < -0.39 is 51.8 Å². The third-order valence-corrected chi connectivity index (χ3v) is 10.1. The van der Waals surface area contributed by atoms with Gasteiger partial charge in [0.25, 0.3) is 0 Å². The molecule has 0 heterocycles. The van der Waals surface area contributed by atoms with Crippen LogP contribution < -0.4 is 0 Å². The normalized spacial score (nSPS) is 14.0. The number of ether oxygens (including phenoxy) is 2. The Bertz CT molecular complexity index is 884. The number of esters is 2. The molecular weight excluding hydrogens is 683 g/mol. The molecule has 308 valence electrons. The molecule has 0 rings (SSSR count). The van der Waals surface area contributed by atoms with Crippen LogP contribution in [0.4, 0.5) is 0 Å². The summed E-state index contributed by atoms with van der Waals surface area (Å²) in [5, 5.41) is 18.3. The van der Waals surface area contributed by atoms with E-state index >= 15 is 0 Å². The second-order valence-electron chi connectivity index (χ2n) is 14.4. The van der Waals surface area contributed by atoms with Crippen molar-refractivity contribution < 1.29 is 47.8 Å². The molecule has 0 aliphatic carbocycles. The summed E-state index contributed by atoms with van der Waals surface area (Å²) in [6, 6.07) is 0. The number of allylic oxidation sites excluding steroid dienone is 2. The fourth-order valence-corrected chi connectivity index (χ4v) is 6.66. The number of hydrogen-bond acceptors (Lipinski definition) is 9. The number of carbonyl (C=O) groups is 2. The van der Waals surface area contributed by atoms with Gasteiger partial charge in [-0.1, -0.05) is 161 Å². The maximum atomic E-state index is 12.6. The van der Waals surface area contributed by atoms with E-state index in [1.54, 1.807) is 0 Å². The Kier molecular flexibility index (Phi) is 37.1. The van der Waals surface area contributed by atoms with Crippen LogP contribution in [0.15, 0.2) is 12.2 Å². The van der Waals surface area contributed by atoms with E-state index in [1.165, 1.54) is 103 Å². The van der Waals surface area contributed by atoms with Crippen molar-refractivity contribution in [2.75, 3.05) is 26.4 Å². The number of hydrogen-bond donors (Lipinski definition) is 3. The zero-order chi connectivity index (χ0) is 38.4. The predicted octanol–water partition coefficient (Wildman–Crippen LogP) is 10.8. The highest BCUT2D eigenvalue weighted by molar-refractivity contribution is 7.47. The van der Waals surface area contributed by atoms with Gasteiger partial charge in [-0.15, -0.1) is 0 Å². The lowest BCUT2D eigenvalue weighted by atomic mass is 10.0. The molecule has 3 N–H and O–H groups in total. The molecule has 11 heteroatoms. The first-order chi connectivity index (χ1) is 25.2. The van der Waals surface area contributed by atoms with Gasteiger partial charge in [0.05, 0.1) is 19.8 Å². The summed E-state index contributed by atoms with van der Waals surface area (Å²) in [5.74, 6) is -0.926. The van der Waals surface area contributed by atoms with Crippen molar-refractivity contribution in [3.8, 4) is 0 Å². The molecule has 0 aromatic rings. The van der Waals surface area contributed by atoms with Crippen molar-refractivity contribution in [2.24, 2.45) is 0 Å². The average molecular weight is 763 g/mol. The second-order valence-corrected chi connectivity index (χ2v) is 15.8. The fraction of sp³-hybridized carbons (Fsp3) is 0.902. The minimum Gasteiger partial charge on any atom is -0.462 e. The molecule has 0 bridgehead atoms. The highest BCUT2D eigenvalue weighted by Crippen LogP contribution is 2.43. The Hall–Kier alpha value is -1.29. The molecule has 3 atom stereocenters. The highest BCUT2D eigenvalue weighted by atomic mass is 31.2. The molecule has 52 heavy (non-hydrogen) atoms. The van der Waals surface area contributed by atoms with Gasteiger partial charge in [0.2, 0.25) is 0 Å². The molecule has 0 spiro atoms. The monoisotopic (exact) mass is 763 g/mol. The average Bonchev–Trinajstić information content (AvgIpc) is 3.13. The summed E-state index contributed by atoms with van der Waals surface area (Å²) in [7, 11) is -4.61. The van der Waals surface area contributed by atoms with Crippen molar-refractivity contribution in [1.29, 1.82) is 0 Å². The lowest BCUT2D eigenvalue weighted by molar-refractivity contribution is -0.161. The van der Waals surface area contributed by atoms with Crippen molar-refractivity contribution in [3.63, 3.8) is 0 Å². The summed E-state index contributed by atoms with van der Waals surface area (Å²) in [5.41, 5.74) is 0. The lowest BCUT2D eigenvalue weighted by Crippen LogP contribution is -2.29. The zero-order valence-electron chi connectivity index (χ0n) is 33.3. The van der Waals surface area contributed by atoms with E-state index in [2.05, 4.69) is 30.5 Å². The van der Waals surface area contributed by atoms with Gasteiger partial charge < -0.3 is 24.6 Å². The van der Waals surface area contributed by atoms with Crippen LogP contribution in [0.25, 0.3) is 0 Å². The van der Waals surface area contributed by atoms with E-state index in [1.807, 2.05) is 0 Å². The molecule has 0 saturated carbocycles. The second kappa shape index (κ2) is 38.0. The Morgan fingerprint density at radius 3 is 1.40 bits per heavy atom. The Morgan fingerprint density at radius 1 is 0.558 bits per heavy atom. The minimum absolute atomic E-state index is 0.178. The Morgan fingerprint density at radius 2 is 0.942 bits per heavy atom. The largest absolute Gasteiger partial charge is 0.472 e. The van der Waals surface area contributed by atoms with E-state index in [9.17, 15) is 24.2 Å². The van der Waals surface area contributed by atoms with Crippen LogP contribution >= 0.6 is 7.82 Å². The predicted molar refractivity (Wildman–Crippen MR) is 210 cm³/mol. The van der Waals surface area contributed by atoms with Crippen molar-refractivity contribution >= 4 is 19.8 Å². The van der Waals surface area contributed by atoms with Gasteiger partial charge in [0.1, 0.15) is 12.7 Å². The lowest BCUT2D eigenvalue weighted by Gasteiger charge is -2.20. The van der Waals surface area contributed by atoms with Gasteiger partial charge in [0, 0.05) is 12.8 Å². The number of phosphoric ester groups is 1. The van der Waals surface area contributed by atoms with Gasteiger partial charge >= 0.3 is 19.8 Å². The van der Waals surface area contributed by atoms with E-state index in [0.29, 0.717) is 12.8 Å². The Balaban J connectivity index is 4.28. The number of aliphatic hydroxyl groups is 2. The molecule has 0 amide bonds. The highest BCUT2D eigenvalue weighted by Gasteiger charge is 2.27. The van der Waals surface area contributed by atoms with E-state index in [0.717, 1.165) is 57.8 Å². The summed E-state index contributed by atoms with van der Waals surface area (Å²) in [4.78, 5) is 34.9. The van der Waals surface area contributed by atoms with Crippen molar-refractivity contribution in [3.05, 3.63) is 12.2 Å². The van der Waals surface area contributed by atoms with Crippen molar-refractivity contribution in [1.82, 2.24) is 0 Å². The molecule has 0 aromatic heterocycles. The SMILES string of the molecule is CCCCCC/C=C\CCCCCCCC(=O)O[C@H](COC(=O)CCCCCCCCCCCCCCCCCC)COP(=O)(O)OC[C@@H](O)CO. The molecule has 0 saturated heterocycles. The maximum absolute atomic E-state index is 12.6. The summed E-state index contributed by atoms with van der Waals surface area (Å²) in [6.45, 7) is 2.37. The molecular formula is C41H79O10P. The first kappa shape index (κ1) is 50.7. The van der Waals surface area contributed by atoms with Crippen LogP contribution in [0.3, 0.4) is 0 Å². The molecule has 0 fully saturated rings. The molecule has 0 aromatic carbocycles. The summed E-state index contributed by atoms with van der Waals surface area (Å²) < 4.78 is 32.7. The van der Waals surface area contributed by atoms with Gasteiger partial charge in [-0.2, -0.15) is 0 Å². The number of rotatable bonds is 40. The molecule has 10 nitrogen and oxygen atoms in total. The van der Waals surface area contributed by atoms with Gasteiger partial charge in [-0.3, -0.25) is 18.6 Å². The number of aliphatic hydroxyl groups excluding tert-OH is 2. The molecule has 0 aliphatic rings. The van der Waals surface area contributed by atoms with E-state index in [4.69, 9.17) is 19.1 Å². The van der Waals surface area contributed by atoms with Gasteiger partial charge in [-0.25, -0.2) is 4.57 Å². The molecule has 1 unspecified atom stereocenters. The van der Waals surface area contributed by atoms with Gasteiger partial charge in [-0.05, 0) is 38.5 Å². The maximum Gasteiger partial charge on any atom is 0.472 e. The number of unbranched alkanes of at least 4 members (excludes halogenated alkanes) is 24. The minimum atomic E-state index is -4.61. The standard InChI is InChI=1S/C41H79O10P/c1-3-5-7-9-11-13-15-17-18-19-21-22-24-26-28-30-32-40(44)48-36-39(37-50-52(46,47)49-35-38(43)34-42)51-41(45)33-31-29-27-25-23-20-16-14-12-10-8-6-4-2/h14,16,38-39,42-43H,3-13,15,17-37H2,1-2H3,(H,46,47)/b16-14-/t38-,39+/m0/s1. The van der Waals surface area contributed by atoms with Crippen LogP contribution in [0.2, 0.25) is 0 Å². The van der Waals surface area contributed by atoms with Crippen LogP contribution in [0, 0.1) is 0 Å². The van der Waals surface area contributed by atoms with E-state index in [-0.39, 0.29) is 19.4 Å². The summed E-state index contributed by atoms with van der Waals surface area (Å²) >= 11 is 0. The van der Waals surface area contributed by atoms with Crippen LogP contribution in [0.5, 0.6) is 0 Å². The van der Waals surface area contributed by atoms with Crippen LogP contribution in [-0.4, -0.2) is 65.7 Å². The number of carbonyl (C=O) groups excluding carboxylic acids is 2. The topological polar surface area (TPSA) is 149 Å². The third-order valence-electron chi connectivity index (χ3n) is 9.17. The van der Waals surface area contributed by atoms with Crippen LogP contribution in [0.1, 0.15) is 200 Å². The smallest absolute Gasteiger partial charge is 0.462 e. The number of phosphoric acid groups is 1. The summed E-state index contributed by atoms with van der Waals surface area (Å²) in [6.07, 6.45) is 34.6. The third kappa shape index (κ3) is 37.0.